The van der Waals surface area contributed by atoms with Gasteiger partial charge in [0.15, 0.2) is 0 Å². The lowest BCUT2D eigenvalue weighted by Crippen LogP contribution is -2.19. The standard InChI is InChI=1S/C20H22N4O2/c1-25-18-11-5-4-10-17(18)23-20-22-16-9-3-2-8-15(16)19(24-20)21-13-14-7-6-12-26-14/h2-5,8-11,14H,6-7,12-13H2,1H3,(H2,21,22,23,24)/t14-/m0/s1. The molecule has 6 heteroatoms. The molecular formula is C20H22N4O2. The summed E-state index contributed by atoms with van der Waals surface area (Å²) in [6, 6.07) is 15.7. The van der Waals surface area contributed by atoms with Crippen molar-refractivity contribution in [1.82, 2.24) is 9.97 Å². The molecule has 26 heavy (non-hydrogen) atoms. The fraction of sp³-hybridized carbons (Fsp3) is 0.300. The third kappa shape index (κ3) is 3.55. The van der Waals surface area contributed by atoms with Crippen LogP contribution < -0.4 is 15.4 Å². The van der Waals surface area contributed by atoms with Gasteiger partial charge < -0.3 is 20.1 Å². The minimum absolute atomic E-state index is 0.245. The zero-order valence-electron chi connectivity index (χ0n) is 14.7. The minimum Gasteiger partial charge on any atom is -0.495 e. The number of rotatable bonds is 6. The lowest BCUT2D eigenvalue weighted by atomic mass is 10.2. The molecule has 0 amide bonds. The first-order chi connectivity index (χ1) is 12.8. The van der Waals surface area contributed by atoms with Gasteiger partial charge in [-0.05, 0) is 37.1 Å². The van der Waals surface area contributed by atoms with Crippen LogP contribution in [0.2, 0.25) is 0 Å². The maximum atomic E-state index is 5.70. The Hall–Kier alpha value is -2.86. The van der Waals surface area contributed by atoms with Gasteiger partial charge in [0.25, 0.3) is 0 Å². The third-order valence-corrected chi connectivity index (χ3v) is 4.48. The van der Waals surface area contributed by atoms with Crippen molar-refractivity contribution in [3.05, 3.63) is 48.5 Å². The van der Waals surface area contributed by atoms with Gasteiger partial charge in [0, 0.05) is 18.5 Å². The number of fused-ring (bicyclic) bond motifs is 1. The van der Waals surface area contributed by atoms with Crippen molar-refractivity contribution >= 4 is 28.4 Å². The van der Waals surface area contributed by atoms with E-state index in [2.05, 4.69) is 20.6 Å². The van der Waals surface area contributed by atoms with Crippen LogP contribution in [0.1, 0.15) is 12.8 Å². The number of anilines is 3. The fourth-order valence-electron chi connectivity index (χ4n) is 3.15. The molecule has 1 atom stereocenters. The zero-order chi connectivity index (χ0) is 17.8. The molecule has 2 N–H and O–H groups in total. The molecule has 2 heterocycles. The minimum atomic E-state index is 0.245. The van der Waals surface area contributed by atoms with Crippen molar-refractivity contribution in [2.45, 2.75) is 18.9 Å². The molecule has 2 aromatic carbocycles. The Morgan fingerprint density at radius 2 is 1.96 bits per heavy atom. The van der Waals surface area contributed by atoms with E-state index in [1.165, 1.54) is 0 Å². The van der Waals surface area contributed by atoms with Gasteiger partial charge in [-0.1, -0.05) is 24.3 Å². The smallest absolute Gasteiger partial charge is 0.229 e. The molecule has 1 saturated heterocycles. The number of aromatic nitrogens is 2. The molecule has 4 rings (SSSR count). The molecular weight excluding hydrogens is 328 g/mol. The van der Waals surface area contributed by atoms with Gasteiger partial charge in [0.05, 0.1) is 24.4 Å². The molecule has 134 valence electrons. The van der Waals surface area contributed by atoms with E-state index in [9.17, 15) is 0 Å². The van der Waals surface area contributed by atoms with Gasteiger partial charge in [0.1, 0.15) is 11.6 Å². The quantitative estimate of drug-likeness (QED) is 0.701. The number of hydrogen-bond donors (Lipinski definition) is 2. The van der Waals surface area contributed by atoms with Gasteiger partial charge in [-0.2, -0.15) is 4.98 Å². The Kier molecular flexibility index (Phi) is 4.84. The van der Waals surface area contributed by atoms with E-state index in [4.69, 9.17) is 9.47 Å². The Labute approximate surface area is 152 Å². The van der Waals surface area contributed by atoms with Crippen molar-refractivity contribution in [2.75, 3.05) is 30.9 Å². The van der Waals surface area contributed by atoms with Crippen LogP contribution in [-0.2, 0) is 4.74 Å². The average Bonchev–Trinajstić information content (AvgIpc) is 3.20. The van der Waals surface area contributed by atoms with E-state index in [1.54, 1.807) is 7.11 Å². The molecule has 1 aliphatic heterocycles. The summed E-state index contributed by atoms with van der Waals surface area (Å²) in [6.07, 6.45) is 2.45. The van der Waals surface area contributed by atoms with Gasteiger partial charge >= 0.3 is 0 Å². The van der Waals surface area contributed by atoms with Crippen molar-refractivity contribution in [3.8, 4) is 5.75 Å². The summed E-state index contributed by atoms with van der Waals surface area (Å²) in [7, 11) is 1.65. The highest BCUT2D eigenvalue weighted by Crippen LogP contribution is 2.28. The first-order valence-electron chi connectivity index (χ1n) is 8.86. The molecule has 1 aromatic heterocycles. The molecule has 0 bridgehead atoms. The van der Waals surface area contributed by atoms with Crippen LogP contribution in [0.15, 0.2) is 48.5 Å². The zero-order valence-corrected chi connectivity index (χ0v) is 14.7. The molecule has 0 saturated carbocycles. The Balaban J connectivity index is 1.64. The second-order valence-electron chi connectivity index (χ2n) is 6.25. The Morgan fingerprint density at radius 3 is 2.81 bits per heavy atom. The van der Waals surface area contributed by atoms with Crippen molar-refractivity contribution in [3.63, 3.8) is 0 Å². The highest BCUT2D eigenvalue weighted by Gasteiger charge is 2.16. The van der Waals surface area contributed by atoms with Crippen molar-refractivity contribution < 1.29 is 9.47 Å². The number of para-hydroxylation sites is 3. The number of nitrogens with one attached hydrogen (secondary N) is 2. The fourth-order valence-corrected chi connectivity index (χ4v) is 3.15. The van der Waals surface area contributed by atoms with E-state index in [0.717, 1.165) is 54.2 Å². The summed E-state index contributed by atoms with van der Waals surface area (Å²) in [5.74, 6) is 2.09. The summed E-state index contributed by atoms with van der Waals surface area (Å²) in [5, 5.41) is 7.70. The SMILES string of the molecule is COc1ccccc1Nc1nc(NC[C@@H]2CCCO2)c2ccccc2n1. The van der Waals surface area contributed by atoms with Crippen LogP contribution in [0.5, 0.6) is 5.75 Å². The molecule has 1 fully saturated rings. The second-order valence-corrected chi connectivity index (χ2v) is 6.25. The lowest BCUT2D eigenvalue weighted by Gasteiger charge is -2.15. The van der Waals surface area contributed by atoms with Crippen LogP contribution in [0.3, 0.4) is 0 Å². The van der Waals surface area contributed by atoms with E-state index in [-0.39, 0.29) is 6.10 Å². The molecule has 0 radical (unpaired) electrons. The average molecular weight is 350 g/mol. The van der Waals surface area contributed by atoms with Crippen LogP contribution >= 0.6 is 0 Å². The number of methoxy groups -OCH3 is 1. The van der Waals surface area contributed by atoms with Gasteiger partial charge in [-0.25, -0.2) is 4.98 Å². The first kappa shape index (κ1) is 16.6. The molecule has 6 nitrogen and oxygen atoms in total. The molecule has 0 aliphatic carbocycles. The number of benzene rings is 2. The van der Waals surface area contributed by atoms with Gasteiger partial charge in [0.2, 0.25) is 5.95 Å². The lowest BCUT2D eigenvalue weighted by molar-refractivity contribution is 0.120. The molecule has 0 spiro atoms. The third-order valence-electron chi connectivity index (χ3n) is 4.48. The van der Waals surface area contributed by atoms with Crippen LogP contribution in [-0.4, -0.2) is 36.3 Å². The highest BCUT2D eigenvalue weighted by molar-refractivity contribution is 5.90. The monoisotopic (exact) mass is 350 g/mol. The van der Waals surface area contributed by atoms with Crippen LogP contribution in [0.25, 0.3) is 10.9 Å². The highest BCUT2D eigenvalue weighted by atomic mass is 16.5. The predicted octanol–water partition coefficient (Wildman–Crippen LogP) is 3.97. The van der Waals surface area contributed by atoms with E-state index < -0.39 is 0 Å². The van der Waals surface area contributed by atoms with Crippen molar-refractivity contribution in [2.24, 2.45) is 0 Å². The molecule has 1 aliphatic rings. The first-order valence-corrected chi connectivity index (χ1v) is 8.86. The topological polar surface area (TPSA) is 68.3 Å². The summed E-state index contributed by atoms with van der Waals surface area (Å²) < 4.78 is 11.1. The number of hydrogen-bond acceptors (Lipinski definition) is 6. The maximum absolute atomic E-state index is 5.70. The van der Waals surface area contributed by atoms with Gasteiger partial charge in [-0.3, -0.25) is 0 Å². The normalized spacial score (nSPS) is 16.6. The number of nitrogens with zero attached hydrogens (tertiary/aromatic N) is 2. The van der Waals surface area contributed by atoms with Gasteiger partial charge in [-0.15, -0.1) is 0 Å². The van der Waals surface area contributed by atoms with Crippen molar-refractivity contribution in [1.29, 1.82) is 0 Å². The summed E-state index contributed by atoms with van der Waals surface area (Å²) in [5.41, 5.74) is 1.71. The Morgan fingerprint density at radius 1 is 1.12 bits per heavy atom. The molecule has 3 aromatic rings. The summed E-state index contributed by atoms with van der Waals surface area (Å²) >= 11 is 0. The predicted molar refractivity (Wildman–Crippen MR) is 103 cm³/mol. The van der Waals surface area contributed by atoms with E-state index in [1.807, 2.05) is 48.5 Å². The summed E-state index contributed by atoms with van der Waals surface area (Å²) in [4.78, 5) is 9.33. The largest absolute Gasteiger partial charge is 0.495 e. The maximum Gasteiger partial charge on any atom is 0.229 e. The number of ether oxygens (including phenoxy) is 2. The molecule has 0 unspecified atom stereocenters. The summed E-state index contributed by atoms with van der Waals surface area (Å²) in [6.45, 7) is 1.59. The van der Waals surface area contributed by atoms with Crippen LogP contribution in [0.4, 0.5) is 17.5 Å². The Bertz CT molecular complexity index is 894. The van der Waals surface area contributed by atoms with E-state index in [0.29, 0.717) is 5.95 Å². The van der Waals surface area contributed by atoms with Crippen LogP contribution in [0, 0.1) is 0 Å². The van der Waals surface area contributed by atoms with E-state index >= 15 is 0 Å². The second kappa shape index (κ2) is 7.58.